The number of nitrogens with zero attached hydrogens (tertiary/aromatic N) is 1. The maximum Gasteiger partial charge on any atom is 0.407 e. The number of sulfonamides is 1. The molecule has 2 saturated heterocycles. The van der Waals surface area contributed by atoms with Gasteiger partial charge in [0.15, 0.2) is 17.8 Å². The van der Waals surface area contributed by atoms with E-state index in [-0.39, 0.29) is 55.9 Å². The van der Waals surface area contributed by atoms with E-state index in [0.717, 1.165) is 24.8 Å². The molecule has 3 aliphatic heterocycles. The Morgan fingerprint density at radius 1 is 0.980 bits per heavy atom. The van der Waals surface area contributed by atoms with E-state index in [1.54, 1.807) is 6.07 Å². The number of benzene rings is 3. The zero-order valence-electron chi connectivity index (χ0n) is 28.4. The van der Waals surface area contributed by atoms with Crippen molar-refractivity contribution < 1.29 is 46.7 Å². The van der Waals surface area contributed by atoms with E-state index in [2.05, 4.69) is 17.4 Å². The Balaban J connectivity index is 1.14. The molecule has 50 heavy (non-hydrogen) atoms. The second-order valence-electron chi connectivity index (χ2n) is 13.3. The SMILES string of the molecule is CC(C)CN(C[C@H](O)[C@H](Cc1ccc(OCCCc2ccccc2)cc1)NC(=O)O[C@H]1CO[C@H]2OCC[C@H]21)S(=O)(=O)c1ccc2c(c1)OCO2. The Morgan fingerprint density at radius 2 is 1.76 bits per heavy atom. The van der Waals surface area contributed by atoms with Crippen molar-refractivity contribution in [2.75, 3.05) is 39.7 Å². The second kappa shape index (κ2) is 16.4. The molecule has 1 amide bonds. The molecule has 270 valence electrons. The lowest BCUT2D eigenvalue weighted by Gasteiger charge is -2.31. The number of aryl methyl sites for hydroxylation is 1. The molecular weight excluding hydrogens is 664 g/mol. The summed E-state index contributed by atoms with van der Waals surface area (Å²) in [5.74, 6) is 1.41. The molecule has 3 aliphatic rings. The summed E-state index contributed by atoms with van der Waals surface area (Å²) in [5, 5.41) is 14.5. The first-order valence-corrected chi connectivity index (χ1v) is 18.6. The van der Waals surface area contributed by atoms with Crippen LogP contribution >= 0.6 is 0 Å². The van der Waals surface area contributed by atoms with E-state index in [4.69, 9.17) is 28.4 Å². The van der Waals surface area contributed by atoms with Gasteiger partial charge in [0.1, 0.15) is 11.9 Å². The number of hydrogen-bond acceptors (Lipinski definition) is 10. The quantitative estimate of drug-likeness (QED) is 0.204. The number of amides is 1. The first-order chi connectivity index (χ1) is 24.2. The molecule has 0 aromatic heterocycles. The van der Waals surface area contributed by atoms with Crippen molar-refractivity contribution in [1.29, 1.82) is 0 Å². The summed E-state index contributed by atoms with van der Waals surface area (Å²) in [6, 6.07) is 21.3. The van der Waals surface area contributed by atoms with Crippen LogP contribution < -0.4 is 19.5 Å². The van der Waals surface area contributed by atoms with E-state index in [0.29, 0.717) is 30.5 Å². The highest BCUT2D eigenvalue weighted by Gasteiger charge is 2.44. The van der Waals surface area contributed by atoms with Gasteiger partial charge in [0, 0.05) is 19.2 Å². The first-order valence-electron chi connectivity index (χ1n) is 17.2. The lowest BCUT2D eigenvalue weighted by Crippen LogP contribution is -2.51. The van der Waals surface area contributed by atoms with Gasteiger partial charge in [-0.2, -0.15) is 4.31 Å². The zero-order valence-corrected chi connectivity index (χ0v) is 29.3. The van der Waals surface area contributed by atoms with Crippen molar-refractivity contribution in [3.8, 4) is 17.2 Å². The number of aliphatic hydroxyl groups excluding tert-OH is 1. The standard InChI is InChI=1S/C37H46N2O10S/c1-25(2)21-39(50(42,43)29-14-15-33-34(20-29)48-24-47-33)22-32(40)31(38-37(41)49-35-23-46-36-30(35)16-18-45-36)19-27-10-12-28(13-11-27)44-17-6-9-26-7-4-3-5-8-26/h3-5,7-8,10-15,20,25,30-32,35-36,40H,6,9,16-19,21-24H2,1-2H3,(H,38,41)/t30-,31-,32-,35-,36+/m0/s1. The van der Waals surface area contributed by atoms with Crippen LogP contribution in [0.5, 0.6) is 17.2 Å². The Hall–Kier alpha value is -3.88. The number of ether oxygens (including phenoxy) is 6. The van der Waals surface area contributed by atoms with Crippen LogP contribution in [0.3, 0.4) is 0 Å². The van der Waals surface area contributed by atoms with Crippen LogP contribution in [0, 0.1) is 11.8 Å². The Bertz CT molecular complexity index is 1670. The van der Waals surface area contributed by atoms with Gasteiger partial charge >= 0.3 is 6.09 Å². The van der Waals surface area contributed by atoms with Crippen LogP contribution in [-0.4, -0.2) is 88.2 Å². The highest BCUT2D eigenvalue weighted by atomic mass is 32.2. The molecule has 3 aromatic rings. The molecule has 2 fully saturated rings. The number of nitrogens with one attached hydrogen (secondary N) is 1. The van der Waals surface area contributed by atoms with Gasteiger partial charge in [0.05, 0.1) is 42.8 Å². The summed E-state index contributed by atoms with van der Waals surface area (Å²) in [4.78, 5) is 13.3. The minimum absolute atomic E-state index is 0.0134. The number of aliphatic hydroxyl groups is 1. The largest absolute Gasteiger partial charge is 0.494 e. The van der Waals surface area contributed by atoms with Crippen LogP contribution in [0.2, 0.25) is 0 Å². The summed E-state index contributed by atoms with van der Waals surface area (Å²) in [6.45, 7) is 5.00. The smallest absolute Gasteiger partial charge is 0.407 e. The number of carbonyl (C=O) groups is 1. The van der Waals surface area contributed by atoms with Crippen molar-refractivity contribution >= 4 is 16.1 Å². The average molecular weight is 711 g/mol. The molecule has 0 aliphatic carbocycles. The molecule has 0 bridgehead atoms. The monoisotopic (exact) mass is 710 g/mol. The highest BCUT2D eigenvalue weighted by molar-refractivity contribution is 7.89. The molecule has 0 spiro atoms. The number of carbonyl (C=O) groups excluding carboxylic acids is 1. The zero-order chi connectivity index (χ0) is 35.1. The normalized spacial score (nSPS) is 20.9. The third-order valence-electron chi connectivity index (χ3n) is 9.05. The third kappa shape index (κ3) is 9.07. The maximum atomic E-state index is 13.9. The van der Waals surface area contributed by atoms with Crippen molar-refractivity contribution in [2.45, 2.75) is 69.0 Å². The van der Waals surface area contributed by atoms with Crippen molar-refractivity contribution in [3.05, 3.63) is 83.9 Å². The Morgan fingerprint density at radius 3 is 2.54 bits per heavy atom. The van der Waals surface area contributed by atoms with Gasteiger partial charge in [-0.3, -0.25) is 0 Å². The van der Waals surface area contributed by atoms with E-state index in [1.165, 1.54) is 22.0 Å². The fourth-order valence-electron chi connectivity index (χ4n) is 6.44. The molecule has 0 radical (unpaired) electrons. The molecule has 2 N–H and O–H groups in total. The fourth-order valence-corrected chi connectivity index (χ4v) is 8.08. The van der Waals surface area contributed by atoms with Gasteiger partial charge in [0.2, 0.25) is 16.8 Å². The summed E-state index contributed by atoms with van der Waals surface area (Å²) < 4.78 is 62.8. The summed E-state index contributed by atoms with van der Waals surface area (Å²) in [7, 11) is -4.06. The number of rotatable bonds is 16. The predicted molar refractivity (Wildman–Crippen MR) is 184 cm³/mol. The topological polar surface area (TPSA) is 142 Å². The van der Waals surface area contributed by atoms with E-state index < -0.39 is 34.4 Å². The number of hydrogen-bond donors (Lipinski definition) is 2. The van der Waals surface area contributed by atoms with Crippen LogP contribution in [0.4, 0.5) is 4.79 Å². The molecular formula is C37H46N2O10S. The number of fused-ring (bicyclic) bond motifs is 2. The van der Waals surface area contributed by atoms with Gasteiger partial charge < -0.3 is 38.8 Å². The van der Waals surface area contributed by atoms with Crippen LogP contribution in [0.25, 0.3) is 0 Å². The summed E-state index contributed by atoms with van der Waals surface area (Å²) >= 11 is 0. The molecule has 0 unspecified atom stereocenters. The number of alkyl carbamates (subject to hydrolysis) is 1. The molecule has 6 rings (SSSR count). The lowest BCUT2D eigenvalue weighted by atomic mass is 10.0. The van der Waals surface area contributed by atoms with E-state index in [1.807, 2.05) is 56.3 Å². The predicted octanol–water partition coefficient (Wildman–Crippen LogP) is 4.53. The maximum absolute atomic E-state index is 13.9. The molecule has 5 atom stereocenters. The highest BCUT2D eigenvalue weighted by Crippen LogP contribution is 2.35. The van der Waals surface area contributed by atoms with Gasteiger partial charge in [-0.15, -0.1) is 0 Å². The van der Waals surface area contributed by atoms with E-state index >= 15 is 0 Å². The Kier molecular flexibility index (Phi) is 11.8. The molecule has 3 aromatic carbocycles. The minimum atomic E-state index is -4.06. The van der Waals surface area contributed by atoms with Gasteiger partial charge in [-0.25, -0.2) is 13.2 Å². The van der Waals surface area contributed by atoms with Gasteiger partial charge in [0.25, 0.3) is 0 Å². The first kappa shape index (κ1) is 35.9. The van der Waals surface area contributed by atoms with Crippen molar-refractivity contribution in [1.82, 2.24) is 9.62 Å². The van der Waals surface area contributed by atoms with Crippen LogP contribution in [-0.2, 0) is 37.1 Å². The van der Waals surface area contributed by atoms with Gasteiger partial charge in [-0.1, -0.05) is 56.3 Å². The average Bonchev–Trinajstić information content (AvgIpc) is 3.86. The third-order valence-corrected chi connectivity index (χ3v) is 10.9. The summed E-state index contributed by atoms with van der Waals surface area (Å²) in [5.41, 5.74) is 2.07. The van der Waals surface area contributed by atoms with E-state index in [9.17, 15) is 18.3 Å². The Labute approximate surface area is 293 Å². The molecule has 12 nitrogen and oxygen atoms in total. The molecule has 0 saturated carbocycles. The minimum Gasteiger partial charge on any atom is -0.494 e. The van der Waals surface area contributed by atoms with Crippen molar-refractivity contribution in [3.63, 3.8) is 0 Å². The van der Waals surface area contributed by atoms with Crippen molar-refractivity contribution in [2.24, 2.45) is 11.8 Å². The van der Waals surface area contributed by atoms with Gasteiger partial charge in [-0.05, 0) is 67.0 Å². The second-order valence-corrected chi connectivity index (χ2v) is 15.2. The van der Waals surface area contributed by atoms with Crippen LogP contribution in [0.15, 0.2) is 77.7 Å². The summed E-state index contributed by atoms with van der Waals surface area (Å²) in [6.07, 6.45) is -0.170. The van der Waals surface area contributed by atoms with Crippen LogP contribution in [0.1, 0.15) is 37.8 Å². The molecule has 3 heterocycles. The lowest BCUT2D eigenvalue weighted by molar-refractivity contribution is -0.0907. The molecule has 13 heteroatoms. The fraction of sp³-hybridized carbons (Fsp3) is 0.486.